The van der Waals surface area contributed by atoms with Crippen LogP contribution in [0.3, 0.4) is 0 Å². The van der Waals surface area contributed by atoms with Gasteiger partial charge in [-0.25, -0.2) is 0 Å². The molecular formula is C15H19N3O3. The molecule has 0 saturated heterocycles. The first-order valence-corrected chi connectivity index (χ1v) is 6.92. The van der Waals surface area contributed by atoms with Gasteiger partial charge in [-0.1, -0.05) is 41.9 Å². The molecule has 0 amide bonds. The van der Waals surface area contributed by atoms with Crippen LogP contribution < -0.4 is 0 Å². The fourth-order valence-electron chi connectivity index (χ4n) is 1.93. The van der Waals surface area contributed by atoms with Crippen molar-refractivity contribution in [2.75, 3.05) is 13.1 Å². The van der Waals surface area contributed by atoms with Crippen molar-refractivity contribution in [2.45, 2.75) is 26.8 Å². The van der Waals surface area contributed by atoms with Gasteiger partial charge in [-0.3, -0.25) is 9.69 Å². The van der Waals surface area contributed by atoms with Crippen molar-refractivity contribution < 1.29 is 14.4 Å². The van der Waals surface area contributed by atoms with E-state index < -0.39 is 5.97 Å². The van der Waals surface area contributed by atoms with Crippen LogP contribution in [0.4, 0.5) is 0 Å². The average molecular weight is 289 g/mol. The summed E-state index contributed by atoms with van der Waals surface area (Å²) in [6.07, 6.45) is 0.104. The quantitative estimate of drug-likeness (QED) is 0.842. The van der Waals surface area contributed by atoms with Crippen LogP contribution in [0.2, 0.25) is 0 Å². The standard InChI is InChI=1S/C15H19N3O3/c1-3-18(9-8-14(19)20)10-13-16-15(17-21-13)12-6-4-11(2)5-7-12/h4-7H,3,8-10H2,1-2H3,(H,19,20). The Bertz CT molecular complexity index is 592. The summed E-state index contributed by atoms with van der Waals surface area (Å²) in [4.78, 5) is 16.9. The molecule has 1 heterocycles. The summed E-state index contributed by atoms with van der Waals surface area (Å²) in [6, 6.07) is 7.89. The lowest BCUT2D eigenvalue weighted by Crippen LogP contribution is -2.25. The Hall–Kier alpha value is -2.21. The Morgan fingerprint density at radius 2 is 2.05 bits per heavy atom. The summed E-state index contributed by atoms with van der Waals surface area (Å²) in [7, 11) is 0. The van der Waals surface area contributed by atoms with Crippen molar-refractivity contribution in [3.8, 4) is 11.4 Å². The summed E-state index contributed by atoms with van der Waals surface area (Å²) < 4.78 is 5.24. The third-order valence-corrected chi connectivity index (χ3v) is 3.23. The molecule has 1 aromatic carbocycles. The molecule has 0 aliphatic rings. The van der Waals surface area contributed by atoms with Crippen LogP contribution in [-0.2, 0) is 11.3 Å². The molecule has 0 atom stereocenters. The maximum absolute atomic E-state index is 10.6. The Kier molecular flexibility index (Phi) is 5.05. The van der Waals surface area contributed by atoms with Gasteiger partial charge in [0.05, 0.1) is 13.0 Å². The van der Waals surface area contributed by atoms with Crippen LogP contribution in [0.15, 0.2) is 28.8 Å². The predicted molar refractivity (Wildman–Crippen MR) is 77.7 cm³/mol. The maximum Gasteiger partial charge on any atom is 0.304 e. The van der Waals surface area contributed by atoms with Crippen molar-refractivity contribution in [1.29, 1.82) is 0 Å². The van der Waals surface area contributed by atoms with Gasteiger partial charge in [-0.2, -0.15) is 4.98 Å². The van der Waals surface area contributed by atoms with Crippen LogP contribution in [-0.4, -0.2) is 39.2 Å². The number of hydrogen-bond donors (Lipinski definition) is 1. The smallest absolute Gasteiger partial charge is 0.304 e. The van der Waals surface area contributed by atoms with Gasteiger partial charge in [-0.15, -0.1) is 0 Å². The van der Waals surface area contributed by atoms with Gasteiger partial charge in [-0.05, 0) is 13.5 Å². The normalized spacial score (nSPS) is 11.0. The molecule has 0 spiro atoms. The number of aryl methyl sites for hydroxylation is 1. The molecule has 0 fully saturated rings. The van der Waals surface area contributed by atoms with Crippen molar-refractivity contribution in [3.05, 3.63) is 35.7 Å². The molecule has 0 radical (unpaired) electrons. The summed E-state index contributed by atoms with van der Waals surface area (Å²) in [5, 5.41) is 12.7. The van der Waals surface area contributed by atoms with E-state index in [0.29, 0.717) is 24.8 Å². The Morgan fingerprint density at radius 3 is 2.67 bits per heavy atom. The fourth-order valence-corrected chi connectivity index (χ4v) is 1.93. The molecule has 1 N–H and O–H groups in total. The molecule has 2 aromatic rings. The Morgan fingerprint density at radius 1 is 1.33 bits per heavy atom. The molecule has 2 rings (SSSR count). The van der Waals surface area contributed by atoms with E-state index in [2.05, 4.69) is 10.1 Å². The van der Waals surface area contributed by atoms with Crippen molar-refractivity contribution in [2.24, 2.45) is 0 Å². The number of carboxylic acid groups (broad SMARTS) is 1. The van der Waals surface area contributed by atoms with Crippen LogP contribution in [0.5, 0.6) is 0 Å². The number of nitrogens with zero attached hydrogens (tertiary/aromatic N) is 3. The first-order valence-electron chi connectivity index (χ1n) is 6.92. The second-order valence-electron chi connectivity index (χ2n) is 4.89. The van der Waals surface area contributed by atoms with Gasteiger partial charge < -0.3 is 9.63 Å². The number of hydrogen-bond acceptors (Lipinski definition) is 5. The SMILES string of the molecule is CCN(CCC(=O)O)Cc1nc(-c2ccc(C)cc2)no1. The second-order valence-corrected chi connectivity index (χ2v) is 4.89. The van der Waals surface area contributed by atoms with E-state index in [9.17, 15) is 4.79 Å². The van der Waals surface area contributed by atoms with E-state index >= 15 is 0 Å². The van der Waals surface area contributed by atoms with E-state index in [4.69, 9.17) is 9.63 Å². The van der Waals surface area contributed by atoms with Crippen LogP contribution in [0.25, 0.3) is 11.4 Å². The van der Waals surface area contributed by atoms with Crippen LogP contribution in [0.1, 0.15) is 24.8 Å². The minimum Gasteiger partial charge on any atom is -0.481 e. The number of rotatable bonds is 7. The molecule has 0 aliphatic heterocycles. The molecule has 112 valence electrons. The molecule has 0 aliphatic carbocycles. The minimum absolute atomic E-state index is 0.104. The lowest BCUT2D eigenvalue weighted by molar-refractivity contribution is -0.137. The molecule has 0 saturated carbocycles. The second kappa shape index (κ2) is 6.99. The van der Waals surface area contributed by atoms with Gasteiger partial charge in [0.2, 0.25) is 11.7 Å². The van der Waals surface area contributed by atoms with Crippen molar-refractivity contribution in [3.63, 3.8) is 0 Å². The molecular weight excluding hydrogens is 270 g/mol. The number of carbonyl (C=O) groups is 1. The monoisotopic (exact) mass is 289 g/mol. The highest BCUT2D eigenvalue weighted by molar-refractivity contribution is 5.66. The highest BCUT2D eigenvalue weighted by atomic mass is 16.5. The van der Waals surface area contributed by atoms with Crippen LogP contribution >= 0.6 is 0 Å². The number of aliphatic carboxylic acids is 1. The summed E-state index contributed by atoms with van der Waals surface area (Å²) >= 11 is 0. The molecule has 1 aromatic heterocycles. The molecule has 6 heteroatoms. The van der Waals surface area contributed by atoms with Gasteiger partial charge in [0.15, 0.2) is 0 Å². The summed E-state index contributed by atoms with van der Waals surface area (Å²) in [5.41, 5.74) is 2.08. The zero-order chi connectivity index (χ0) is 15.2. The zero-order valence-electron chi connectivity index (χ0n) is 12.2. The third-order valence-electron chi connectivity index (χ3n) is 3.23. The lowest BCUT2D eigenvalue weighted by atomic mass is 10.1. The Labute approximate surface area is 123 Å². The van der Waals surface area contributed by atoms with Gasteiger partial charge in [0.1, 0.15) is 0 Å². The largest absolute Gasteiger partial charge is 0.481 e. The highest BCUT2D eigenvalue weighted by Crippen LogP contribution is 2.16. The lowest BCUT2D eigenvalue weighted by Gasteiger charge is -2.16. The Balaban J connectivity index is 2.01. The van der Waals surface area contributed by atoms with E-state index in [0.717, 1.165) is 12.1 Å². The van der Waals surface area contributed by atoms with Crippen molar-refractivity contribution in [1.82, 2.24) is 15.0 Å². The van der Waals surface area contributed by atoms with E-state index in [1.165, 1.54) is 5.56 Å². The summed E-state index contributed by atoms with van der Waals surface area (Å²) in [6.45, 7) is 5.65. The van der Waals surface area contributed by atoms with Gasteiger partial charge in [0, 0.05) is 12.1 Å². The topological polar surface area (TPSA) is 79.5 Å². The minimum atomic E-state index is -0.806. The van der Waals surface area contributed by atoms with E-state index in [1.807, 2.05) is 43.0 Å². The molecule has 0 unspecified atom stereocenters. The zero-order valence-corrected chi connectivity index (χ0v) is 12.2. The molecule has 21 heavy (non-hydrogen) atoms. The summed E-state index contributed by atoms with van der Waals surface area (Å²) in [5.74, 6) is 0.247. The van der Waals surface area contributed by atoms with Crippen molar-refractivity contribution >= 4 is 5.97 Å². The third kappa shape index (κ3) is 4.39. The molecule has 6 nitrogen and oxygen atoms in total. The first kappa shape index (κ1) is 15.2. The van der Waals surface area contributed by atoms with Gasteiger partial charge in [0.25, 0.3) is 0 Å². The highest BCUT2D eigenvalue weighted by Gasteiger charge is 2.13. The molecule has 0 bridgehead atoms. The number of aromatic nitrogens is 2. The fraction of sp³-hybridized carbons (Fsp3) is 0.400. The van der Waals surface area contributed by atoms with E-state index in [1.54, 1.807) is 0 Å². The number of benzene rings is 1. The van der Waals surface area contributed by atoms with E-state index in [-0.39, 0.29) is 6.42 Å². The van der Waals surface area contributed by atoms with Gasteiger partial charge >= 0.3 is 5.97 Å². The van der Waals surface area contributed by atoms with Crippen LogP contribution in [0, 0.1) is 6.92 Å². The average Bonchev–Trinajstić information content (AvgIpc) is 2.92. The predicted octanol–water partition coefficient (Wildman–Crippen LogP) is 2.34. The first-order chi connectivity index (χ1) is 10.1. The number of carboxylic acids is 1. The maximum atomic E-state index is 10.6.